The van der Waals surface area contributed by atoms with Crippen molar-refractivity contribution in [1.82, 2.24) is 4.90 Å². The van der Waals surface area contributed by atoms with Crippen molar-refractivity contribution in [3.8, 4) is 0 Å². The Bertz CT molecular complexity index is 1080. The van der Waals surface area contributed by atoms with Gasteiger partial charge in [0.25, 0.3) is 0 Å². The number of nitrogens with one attached hydrogen (secondary N) is 2. The molecule has 4 amide bonds. The first-order chi connectivity index (χ1) is 16.4. The summed E-state index contributed by atoms with van der Waals surface area (Å²) in [6.45, 7) is 2.26. The number of likely N-dealkylation sites (tertiary alicyclic amines) is 1. The summed E-state index contributed by atoms with van der Waals surface area (Å²) in [6.07, 6.45) is 1.82. The monoisotopic (exact) mass is 463 g/mol. The summed E-state index contributed by atoms with van der Waals surface area (Å²) in [5.74, 6) is -1.14. The van der Waals surface area contributed by atoms with E-state index in [0.29, 0.717) is 23.6 Å². The molecule has 34 heavy (non-hydrogen) atoms. The number of para-hydroxylation sites is 2. The lowest BCUT2D eigenvalue weighted by Crippen LogP contribution is -2.42. The SMILES string of the molecule is NC(=O)C1CCCN(Cc2ccc(NC(=O)CCC(=O)N3CC(=O)Nc4ccccc43)cc2)C1. The second kappa shape index (κ2) is 10.5. The van der Waals surface area contributed by atoms with Crippen LogP contribution in [0.3, 0.4) is 0 Å². The van der Waals surface area contributed by atoms with Gasteiger partial charge in [0.1, 0.15) is 6.54 Å². The first-order valence-electron chi connectivity index (χ1n) is 11.5. The predicted molar refractivity (Wildman–Crippen MR) is 129 cm³/mol. The van der Waals surface area contributed by atoms with Gasteiger partial charge < -0.3 is 21.3 Å². The number of hydrogen-bond donors (Lipinski definition) is 3. The third-order valence-corrected chi connectivity index (χ3v) is 6.19. The van der Waals surface area contributed by atoms with Gasteiger partial charge in [0, 0.05) is 31.6 Å². The molecule has 0 saturated carbocycles. The highest BCUT2D eigenvalue weighted by molar-refractivity contribution is 6.10. The number of benzene rings is 2. The second-order valence-electron chi connectivity index (χ2n) is 8.77. The fraction of sp³-hybridized carbons (Fsp3) is 0.360. The minimum absolute atomic E-state index is 0.00151. The van der Waals surface area contributed by atoms with Crippen LogP contribution in [-0.4, -0.2) is 48.2 Å². The number of carbonyl (C=O) groups is 4. The molecule has 2 aliphatic heterocycles. The topological polar surface area (TPSA) is 125 Å². The molecule has 178 valence electrons. The third kappa shape index (κ3) is 5.79. The number of nitrogens with zero attached hydrogens (tertiary/aromatic N) is 2. The van der Waals surface area contributed by atoms with Gasteiger partial charge in [-0.2, -0.15) is 0 Å². The maximum Gasteiger partial charge on any atom is 0.244 e. The summed E-state index contributed by atoms with van der Waals surface area (Å²) in [4.78, 5) is 52.1. The highest BCUT2D eigenvalue weighted by Crippen LogP contribution is 2.29. The molecule has 0 bridgehead atoms. The summed E-state index contributed by atoms with van der Waals surface area (Å²) in [6, 6.07) is 14.6. The highest BCUT2D eigenvalue weighted by Gasteiger charge is 2.27. The lowest BCUT2D eigenvalue weighted by molar-refractivity contribution is -0.124. The minimum atomic E-state index is -0.274. The standard InChI is InChI=1S/C25H29N5O4/c26-25(34)18-4-3-13-29(15-18)14-17-7-9-19(10-8-17)27-22(31)11-12-24(33)30-16-23(32)28-20-5-1-2-6-21(20)30/h1-2,5-10,18H,3-4,11-16H2,(H2,26,34)(H,27,31)(H,28,32). The van der Waals surface area contributed by atoms with Crippen LogP contribution in [0.5, 0.6) is 0 Å². The number of amides is 4. The van der Waals surface area contributed by atoms with Gasteiger partial charge in [-0.15, -0.1) is 0 Å². The van der Waals surface area contributed by atoms with Crippen LogP contribution in [0.1, 0.15) is 31.2 Å². The molecule has 1 saturated heterocycles. The van der Waals surface area contributed by atoms with Gasteiger partial charge in [-0.1, -0.05) is 24.3 Å². The summed E-state index contributed by atoms with van der Waals surface area (Å²) in [5.41, 5.74) is 8.42. The Labute approximate surface area is 198 Å². The highest BCUT2D eigenvalue weighted by atomic mass is 16.2. The Morgan fingerprint density at radius 1 is 1.06 bits per heavy atom. The molecule has 2 aromatic carbocycles. The number of rotatable bonds is 7. The maximum atomic E-state index is 12.7. The number of hydrogen-bond acceptors (Lipinski definition) is 5. The predicted octanol–water partition coefficient (Wildman–Crippen LogP) is 2.09. The molecule has 0 aliphatic carbocycles. The van der Waals surface area contributed by atoms with Gasteiger partial charge in [-0.3, -0.25) is 24.1 Å². The molecule has 2 aliphatic rings. The molecule has 0 aromatic heterocycles. The normalized spacial score (nSPS) is 18.1. The molecular weight excluding hydrogens is 434 g/mol. The molecule has 1 atom stereocenters. The van der Waals surface area contributed by atoms with Crippen molar-refractivity contribution in [2.45, 2.75) is 32.2 Å². The van der Waals surface area contributed by atoms with Gasteiger partial charge in [0.15, 0.2) is 0 Å². The molecule has 1 fully saturated rings. The van der Waals surface area contributed by atoms with Crippen molar-refractivity contribution < 1.29 is 19.2 Å². The van der Waals surface area contributed by atoms with Crippen molar-refractivity contribution in [2.75, 3.05) is 35.2 Å². The van der Waals surface area contributed by atoms with E-state index in [9.17, 15) is 19.2 Å². The molecule has 4 N–H and O–H groups in total. The Hall–Kier alpha value is -3.72. The Kier molecular flexibility index (Phi) is 7.22. The van der Waals surface area contributed by atoms with Crippen LogP contribution in [0.25, 0.3) is 0 Å². The van der Waals surface area contributed by atoms with Crippen molar-refractivity contribution in [3.63, 3.8) is 0 Å². The third-order valence-electron chi connectivity index (χ3n) is 6.19. The summed E-state index contributed by atoms with van der Waals surface area (Å²) < 4.78 is 0. The van der Waals surface area contributed by atoms with Crippen molar-refractivity contribution in [1.29, 1.82) is 0 Å². The fourth-order valence-electron chi connectivity index (χ4n) is 4.42. The van der Waals surface area contributed by atoms with Gasteiger partial charge in [0.2, 0.25) is 23.6 Å². The van der Waals surface area contributed by atoms with Crippen LogP contribution in [0.2, 0.25) is 0 Å². The molecule has 9 heteroatoms. The molecule has 9 nitrogen and oxygen atoms in total. The molecule has 0 radical (unpaired) electrons. The molecule has 2 heterocycles. The largest absolute Gasteiger partial charge is 0.369 e. The van der Waals surface area contributed by atoms with Crippen molar-refractivity contribution in [2.24, 2.45) is 11.7 Å². The Morgan fingerprint density at radius 3 is 2.59 bits per heavy atom. The van der Waals surface area contributed by atoms with E-state index in [1.807, 2.05) is 24.3 Å². The molecule has 4 rings (SSSR count). The van der Waals surface area contributed by atoms with Crippen molar-refractivity contribution >= 4 is 40.7 Å². The smallest absolute Gasteiger partial charge is 0.244 e. The van der Waals surface area contributed by atoms with E-state index in [4.69, 9.17) is 5.73 Å². The summed E-state index contributed by atoms with van der Waals surface area (Å²) >= 11 is 0. The Balaban J connectivity index is 1.26. The van der Waals surface area contributed by atoms with E-state index in [2.05, 4.69) is 15.5 Å². The van der Waals surface area contributed by atoms with Crippen LogP contribution in [0.4, 0.5) is 17.1 Å². The summed E-state index contributed by atoms with van der Waals surface area (Å²) in [5, 5.41) is 5.56. The summed E-state index contributed by atoms with van der Waals surface area (Å²) in [7, 11) is 0. The number of carbonyl (C=O) groups excluding carboxylic acids is 4. The van der Waals surface area contributed by atoms with E-state index in [1.54, 1.807) is 24.3 Å². The van der Waals surface area contributed by atoms with E-state index in [1.165, 1.54) is 4.90 Å². The zero-order valence-corrected chi connectivity index (χ0v) is 19.0. The van der Waals surface area contributed by atoms with Crippen LogP contribution >= 0.6 is 0 Å². The first kappa shape index (κ1) is 23.4. The minimum Gasteiger partial charge on any atom is -0.369 e. The van der Waals surface area contributed by atoms with E-state index in [0.717, 1.165) is 31.5 Å². The lowest BCUT2D eigenvalue weighted by atomic mass is 9.97. The van der Waals surface area contributed by atoms with Gasteiger partial charge in [-0.05, 0) is 49.2 Å². The van der Waals surface area contributed by atoms with E-state index < -0.39 is 0 Å². The number of primary amides is 1. The number of nitrogens with two attached hydrogens (primary N) is 1. The molecule has 1 unspecified atom stereocenters. The van der Waals surface area contributed by atoms with Crippen LogP contribution in [0, 0.1) is 5.92 Å². The Morgan fingerprint density at radius 2 is 1.82 bits per heavy atom. The molecular formula is C25H29N5O4. The van der Waals surface area contributed by atoms with Crippen LogP contribution in [-0.2, 0) is 25.7 Å². The van der Waals surface area contributed by atoms with Gasteiger partial charge in [0.05, 0.1) is 17.3 Å². The van der Waals surface area contributed by atoms with Gasteiger partial charge in [-0.25, -0.2) is 0 Å². The maximum absolute atomic E-state index is 12.7. The molecule has 2 aromatic rings. The second-order valence-corrected chi connectivity index (χ2v) is 8.77. The average Bonchev–Trinajstić information content (AvgIpc) is 2.83. The number of piperidine rings is 1. The van der Waals surface area contributed by atoms with Crippen LogP contribution < -0.4 is 21.3 Å². The van der Waals surface area contributed by atoms with Crippen LogP contribution in [0.15, 0.2) is 48.5 Å². The zero-order valence-electron chi connectivity index (χ0n) is 19.0. The zero-order chi connectivity index (χ0) is 24.1. The van der Waals surface area contributed by atoms with E-state index >= 15 is 0 Å². The molecule has 0 spiro atoms. The quantitative estimate of drug-likeness (QED) is 0.580. The average molecular weight is 464 g/mol. The lowest BCUT2D eigenvalue weighted by Gasteiger charge is -2.31. The first-order valence-corrected chi connectivity index (χ1v) is 11.5. The van der Waals surface area contributed by atoms with E-state index in [-0.39, 0.29) is 48.9 Å². The number of anilines is 3. The van der Waals surface area contributed by atoms with Crippen molar-refractivity contribution in [3.05, 3.63) is 54.1 Å². The van der Waals surface area contributed by atoms with Gasteiger partial charge >= 0.3 is 0 Å². The fourth-order valence-corrected chi connectivity index (χ4v) is 4.42. The number of fused-ring (bicyclic) bond motifs is 1.